The monoisotopic (exact) mass is 293 g/mol. The number of sulfone groups is 1. The number of fused-ring (bicyclic) bond motifs is 1. The third-order valence-corrected chi connectivity index (χ3v) is 4.11. The summed E-state index contributed by atoms with van der Waals surface area (Å²) in [5, 5.41) is 5.44. The predicted molar refractivity (Wildman–Crippen MR) is 81.9 cm³/mol. The molecule has 1 N–H and O–H groups in total. The van der Waals surface area contributed by atoms with E-state index in [1.807, 2.05) is 30.3 Å². The van der Waals surface area contributed by atoms with E-state index in [9.17, 15) is 8.42 Å². The zero-order valence-electron chi connectivity index (χ0n) is 11.7. The van der Waals surface area contributed by atoms with Crippen molar-refractivity contribution >= 4 is 20.6 Å². The van der Waals surface area contributed by atoms with Crippen LogP contribution in [0.2, 0.25) is 0 Å². The maximum atomic E-state index is 11.1. The molecule has 0 spiro atoms. The van der Waals surface area contributed by atoms with Crippen LogP contribution in [0.1, 0.15) is 5.56 Å². The fourth-order valence-electron chi connectivity index (χ4n) is 2.16. The van der Waals surface area contributed by atoms with Gasteiger partial charge in [0, 0.05) is 24.9 Å². The van der Waals surface area contributed by atoms with Crippen LogP contribution in [0.4, 0.5) is 0 Å². The summed E-state index contributed by atoms with van der Waals surface area (Å²) < 4.78 is 27.6. The molecule has 0 unspecified atom stereocenters. The van der Waals surface area contributed by atoms with Crippen molar-refractivity contribution in [1.82, 2.24) is 5.32 Å². The minimum Gasteiger partial charge on any atom is -0.496 e. The normalized spacial score (nSPS) is 11.7. The third kappa shape index (κ3) is 3.71. The molecule has 0 aliphatic carbocycles. The molecular formula is C15H19NO3S. The summed E-state index contributed by atoms with van der Waals surface area (Å²) in [5.74, 6) is 0.954. The predicted octanol–water partition coefficient (Wildman–Crippen LogP) is 1.98. The molecule has 0 bridgehead atoms. The first-order chi connectivity index (χ1) is 9.51. The summed E-state index contributed by atoms with van der Waals surface area (Å²) in [7, 11) is -1.29. The number of ether oxygens (including phenoxy) is 1. The number of nitrogens with one attached hydrogen (secondary N) is 1. The zero-order valence-corrected chi connectivity index (χ0v) is 12.5. The second kappa shape index (κ2) is 6.24. The highest BCUT2D eigenvalue weighted by molar-refractivity contribution is 7.90. The lowest BCUT2D eigenvalue weighted by Gasteiger charge is -2.12. The van der Waals surface area contributed by atoms with Crippen molar-refractivity contribution in [2.24, 2.45) is 0 Å². The Labute approximate surface area is 119 Å². The van der Waals surface area contributed by atoms with Gasteiger partial charge in [-0.25, -0.2) is 8.42 Å². The molecule has 0 radical (unpaired) electrons. The summed E-state index contributed by atoms with van der Waals surface area (Å²) in [4.78, 5) is 0. The summed E-state index contributed by atoms with van der Waals surface area (Å²) in [5.41, 5.74) is 1.05. The van der Waals surface area contributed by atoms with Crippen molar-refractivity contribution in [2.75, 3.05) is 25.7 Å². The Bertz CT molecular complexity index is 695. The van der Waals surface area contributed by atoms with E-state index in [4.69, 9.17) is 4.74 Å². The SMILES string of the molecule is COc1ccc2ccccc2c1CNCCS(C)(=O)=O. The highest BCUT2D eigenvalue weighted by atomic mass is 32.2. The number of hydrogen-bond donors (Lipinski definition) is 1. The average molecular weight is 293 g/mol. The maximum absolute atomic E-state index is 11.1. The van der Waals surface area contributed by atoms with E-state index in [0.717, 1.165) is 22.1 Å². The molecule has 0 aromatic heterocycles. The smallest absolute Gasteiger partial charge is 0.148 e. The van der Waals surface area contributed by atoms with Gasteiger partial charge in [0.15, 0.2) is 0 Å². The zero-order chi connectivity index (χ0) is 14.6. The van der Waals surface area contributed by atoms with Crippen molar-refractivity contribution in [2.45, 2.75) is 6.54 Å². The Morgan fingerprint density at radius 1 is 1.15 bits per heavy atom. The number of methoxy groups -OCH3 is 1. The van der Waals surface area contributed by atoms with Gasteiger partial charge in [-0.2, -0.15) is 0 Å². The second-order valence-electron chi connectivity index (χ2n) is 4.77. The Kier molecular flexibility index (Phi) is 4.62. The van der Waals surface area contributed by atoms with E-state index >= 15 is 0 Å². The molecule has 0 saturated carbocycles. The standard InChI is InChI=1S/C15H19NO3S/c1-19-15-8-7-12-5-3-4-6-13(12)14(15)11-16-9-10-20(2,17)18/h3-8,16H,9-11H2,1-2H3. The van der Waals surface area contributed by atoms with Crippen molar-refractivity contribution in [3.05, 3.63) is 42.0 Å². The van der Waals surface area contributed by atoms with Gasteiger partial charge in [-0.3, -0.25) is 0 Å². The van der Waals surface area contributed by atoms with Crippen molar-refractivity contribution in [1.29, 1.82) is 0 Å². The van der Waals surface area contributed by atoms with E-state index < -0.39 is 9.84 Å². The van der Waals surface area contributed by atoms with Crippen molar-refractivity contribution in [3.63, 3.8) is 0 Å². The molecule has 5 heteroatoms. The lowest BCUT2D eigenvalue weighted by Crippen LogP contribution is -2.22. The molecule has 0 heterocycles. The lowest BCUT2D eigenvalue weighted by molar-refractivity contribution is 0.409. The molecule has 2 aromatic carbocycles. The molecule has 4 nitrogen and oxygen atoms in total. The van der Waals surface area contributed by atoms with Gasteiger partial charge >= 0.3 is 0 Å². The number of hydrogen-bond acceptors (Lipinski definition) is 4. The van der Waals surface area contributed by atoms with Gasteiger partial charge in [-0.1, -0.05) is 30.3 Å². The van der Waals surface area contributed by atoms with Gasteiger partial charge in [0.2, 0.25) is 0 Å². The summed E-state index contributed by atoms with van der Waals surface area (Å²) in [6.45, 7) is 1.02. The van der Waals surface area contributed by atoms with Crippen LogP contribution >= 0.6 is 0 Å². The minimum absolute atomic E-state index is 0.139. The quantitative estimate of drug-likeness (QED) is 0.828. The third-order valence-electron chi connectivity index (χ3n) is 3.17. The number of rotatable bonds is 6. The molecule has 0 aliphatic heterocycles. The molecule has 0 atom stereocenters. The Morgan fingerprint density at radius 3 is 2.60 bits per heavy atom. The molecule has 108 valence electrons. The molecule has 2 aromatic rings. The van der Waals surface area contributed by atoms with Gasteiger partial charge in [-0.15, -0.1) is 0 Å². The highest BCUT2D eigenvalue weighted by Gasteiger charge is 2.08. The largest absolute Gasteiger partial charge is 0.496 e. The summed E-state index contributed by atoms with van der Waals surface area (Å²) in [6.07, 6.45) is 1.24. The number of benzene rings is 2. The van der Waals surface area contributed by atoms with Crippen LogP contribution in [-0.2, 0) is 16.4 Å². The van der Waals surface area contributed by atoms with E-state index in [1.54, 1.807) is 7.11 Å². The van der Waals surface area contributed by atoms with Crippen LogP contribution in [0.5, 0.6) is 5.75 Å². The Balaban J connectivity index is 2.19. The summed E-state index contributed by atoms with van der Waals surface area (Å²) in [6, 6.07) is 12.0. The summed E-state index contributed by atoms with van der Waals surface area (Å²) >= 11 is 0. The van der Waals surface area contributed by atoms with Crippen LogP contribution < -0.4 is 10.1 Å². The van der Waals surface area contributed by atoms with Gasteiger partial charge in [0.05, 0.1) is 12.9 Å². The lowest BCUT2D eigenvalue weighted by atomic mass is 10.0. The van der Waals surface area contributed by atoms with Crippen LogP contribution in [0, 0.1) is 0 Å². The topological polar surface area (TPSA) is 55.4 Å². The van der Waals surface area contributed by atoms with Gasteiger partial charge in [0.1, 0.15) is 15.6 Å². The van der Waals surface area contributed by atoms with Crippen molar-refractivity contribution < 1.29 is 13.2 Å². The fourth-order valence-corrected chi connectivity index (χ4v) is 2.68. The van der Waals surface area contributed by atoms with Gasteiger partial charge in [-0.05, 0) is 16.8 Å². The fraction of sp³-hybridized carbons (Fsp3) is 0.333. The van der Waals surface area contributed by atoms with Crippen molar-refractivity contribution in [3.8, 4) is 5.75 Å². The van der Waals surface area contributed by atoms with E-state index in [2.05, 4.69) is 11.4 Å². The molecule has 0 aliphatic rings. The van der Waals surface area contributed by atoms with Crippen LogP contribution in [0.15, 0.2) is 36.4 Å². The minimum atomic E-state index is -2.93. The average Bonchev–Trinajstić information content (AvgIpc) is 2.42. The molecule has 2 rings (SSSR count). The van der Waals surface area contributed by atoms with E-state index in [1.165, 1.54) is 6.26 Å². The maximum Gasteiger partial charge on any atom is 0.148 e. The Morgan fingerprint density at radius 2 is 1.90 bits per heavy atom. The molecule has 0 fully saturated rings. The molecule has 0 amide bonds. The van der Waals surface area contributed by atoms with E-state index in [0.29, 0.717) is 13.1 Å². The first-order valence-electron chi connectivity index (χ1n) is 6.44. The molecule has 0 saturated heterocycles. The highest BCUT2D eigenvalue weighted by Crippen LogP contribution is 2.27. The van der Waals surface area contributed by atoms with Gasteiger partial charge < -0.3 is 10.1 Å². The van der Waals surface area contributed by atoms with Crippen LogP contribution in [-0.4, -0.2) is 34.1 Å². The van der Waals surface area contributed by atoms with E-state index in [-0.39, 0.29) is 5.75 Å². The Hall–Kier alpha value is -1.59. The van der Waals surface area contributed by atoms with Crippen LogP contribution in [0.25, 0.3) is 10.8 Å². The molecule has 20 heavy (non-hydrogen) atoms. The second-order valence-corrected chi connectivity index (χ2v) is 7.03. The molecular weight excluding hydrogens is 274 g/mol. The first kappa shape index (κ1) is 14.8. The van der Waals surface area contributed by atoms with Crippen LogP contribution in [0.3, 0.4) is 0 Å². The van der Waals surface area contributed by atoms with Gasteiger partial charge in [0.25, 0.3) is 0 Å². The first-order valence-corrected chi connectivity index (χ1v) is 8.50.